The molecule has 0 fully saturated rings. The van der Waals surface area contributed by atoms with Crippen molar-refractivity contribution in [3.05, 3.63) is 65.0 Å². The monoisotopic (exact) mass is 258 g/mol. The van der Waals surface area contributed by atoms with Crippen LogP contribution in [0.3, 0.4) is 0 Å². The number of anilines is 1. The van der Waals surface area contributed by atoms with E-state index < -0.39 is 0 Å². The zero-order valence-electron chi connectivity index (χ0n) is 11.4. The summed E-state index contributed by atoms with van der Waals surface area (Å²) in [6, 6.07) is 13.3. The predicted octanol–water partition coefficient (Wildman–Crippen LogP) is 3.23. The van der Waals surface area contributed by atoms with Gasteiger partial charge in [-0.05, 0) is 47.9 Å². The number of halogens is 1. The van der Waals surface area contributed by atoms with Gasteiger partial charge in [-0.3, -0.25) is 0 Å². The van der Waals surface area contributed by atoms with E-state index in [9.17, 15) is 4.39 Å². The van der Waals surface area contributed by atoms with Crippen LogP contribution in [0.15, 0.2) is 42.5 Å². The average Bonchev–Trinajstić information content (AvgIpc) is 2.38. The maximum Gasteiger partial charge on any atom is 0.123 e. The van der Waals surface area contributed by atoms with Gasteiger partial charge in [0.05, 0.1) is 0 Å². The summed E-state index contributed by atoms with van der Waals surface area (Å²) in [5, 5.41) is 0. The molecule has 0 heterocycles. The van der Waals surface area contributed by atoms with Crippen LogP contribution in [-0.2, 0) is 13.1 Å². The Morgan fingerprint density at radius 2 is 1.84 bits per heavy atom. The number of rotatable bonds is 4. The minimum absolute atomic E-state index is 0.226. The second kappa shape index (κ2) is 5.85. The molecule has 0 saturated heterocycles. The molecule has 2 N–H and O–H groups in total. The summed E-state index contributed by atoms with van der Waals surface area (Å²) in [7, 11) is 2.00. The normalized spacial score (nSPS) is 10.5. The van der Waals surface area contributed by atoms with E-state index in [-0.39, 0.29) is 5.82 Å². The summed E-state index contributed by atoms with van der Waals surface area (Å²) < 4.78 is 13.5. The number of nitrogens with zero attached hydrogens (tertiary/aromatic N) is 1. The lowest BCUT2D eigenvalue weighted by Gasteiger charge is -2.20. The van der Waals surface area contributed by atoms with Crippen molar-refractivity contribution in [3.8, 4) is 0 Å². The molecule has 2 nitrogen and oxygen atoms in total. The molecule has 2 rings (SSSR count). The number of hydrogen-bond donors (Lipinski definition) is 1. The molecule has 100 valence electrons. The number of hydrogen-bond acceptors (Lipinski definition) is 2. The van der Waals surface area contributed by atoms with Crippen LogP contribution >= 0.6 is 0 Å². The summed E-state index contributed by atoms with van der Waals surface area (Å²) >= 11 is 0. The molecular weight excluding hydrogens is 239 g/mol. The third-order valence-electron chi connectivity index (χ3n) is 3.12. The van der Waals surface area contributed by atoms with Crippen LogP contribution in [0.25, 0.3) is 0 Å². The van der Waals surface area contributed by atoms with Crippen molar-refractivity contribution in [2.45, 2.75) is 20.0 Å². The molecule has 3 heteroatoms. The van der Waals surface area contributed by atoms with E-state index in [1.807, 2.05) is 19.2 Å². The molecule has 0 bridgehead atoms. The van der Waals surface area contributed by atoms with Gasteiger partial charge in [-0.2, -0.15) is 0 Å². The molecule has 0 unspecified atom stereocenters. The smallest absolute Gasteiger partial charge is 0.123 e. The molecule has 0 aliphatic carbocycles. The predicted molar refractivity (Wildman–Crippen MR) is 77.6 cm³/mol. The van der Waals surface area contributed by atoms with E-state index >= 15 is 0 Å². The minimum Gasteiger partial charge on any atom is -0.370 e. The molecule has 2 aromatic carbocycles. The average molecular weight is 258 g/mol. The Balaban J connectivity index is 2.18. The van der Waals surface area contributed by atoms with E-state index in [0.29, 0.717) is 13.1 Å². The highest BCUT2D eigenvalue weighted by Gasteiger charge is 2.05. The first-order valence-electron chi connectivity index (χ1n) is 6.34. The first-order chi connectivity index (χ1) is 9.08. The highest BCUT2D eigenvalue weighted by Crippen LogP contribution is 2.18. The SMILES string of the molecule is Cc1cccc(N(C)Cc2cc(F)cc(CN)c2)c1. The first kappa shape index (κ1) is 13.6. The van der Waals surface area contributed by atoms with Gasteiger partial charge in [0.1, 0.15) is 5.82 Å². The molecule has 0 spiro atoms. The third-order valence-corrected chi connectivity index (χ3v) is 3.12. The number of benzene rings is 2. The molecular formula is C16H19FN2. The summed E-state index contributed by atoms with van der Waals surface area (Å²) in [4.78, 5) is 2.10. The Hall–Kier alpha value is -1.87. The zero-order valence-corrected chi connectivity index (χ0v) is 11.4. The van der Waals surface area contributed by atoms with Crippen LogP contribution < -0.4 is 10.6 Å². The first-order valence-corrected chi connectivity index (χ1v) is 6.34. The second-order valence-electron chi connectivity index (χ2n) is 4.87. The lowest BCUT2D eigenvalue weighted by Crippen LogP contribution is -2.16. The number of nitrogens with two attached hydrogens (primary N) is 1. The lowest BCUT2D eigenvalue weighted by molar-refractivity contribution is 0.622. The van der Waals surface area contributed by atoms with Gasteiger partial charge >= 0.3 is 0 Å². The molecule has 0 saturated carbocycles. The largest absolute Gasteiger partial charge is 0.370 e. The van der Waals surface area contributed by atoms with Crippen LogP contribution in [0.5, 0.6) is 0 Å². The summed E-state index contributed by atoms with van der Waals surface area (Å²) in [6.07, 6.45) is 0. The molecule has 0 radical (unpaired) electrons. The van der Waals surface area contributed by atoms with Crippen LogP contribution in [0, 0.1) is 12.7 Å². The Labute approximate surface area is 113 Å². The van der Waals surface area contributed by atoms with Gasteiger partial charge in [-0.25, -0.2) is 4.39 Å². The van der Waals surface area contributed by atoms with Crippen molar-refractivity contribution < 1.29 is 4.39 Å². The molecule has 0 atom stereocenters. The van der Waals surface area contributed by atoms with Crippen molar-refractivity contribution >= 4 is 5.69 Å². The minimum atomic E-state index is -0.226. The zero-order chi connectivity index (χ0) is 13.8. The van der Waals surface area contributed by atoms with Crippen molar-refractivity contribution in [2.75, 3.05) is 11.9 Å². The fourth-order valence-corrected chi connectivity index (χ4v) is 2.16. The summed E-state index contributed by atoms with van der Waals surface area (Å²) in [5.41, 5.74) is 9.67. The standard InChI is InChI=1S/C16H19FN2/c1-12-4-3-5-16(6-12)19(2)11-14-7-13(10-18)8-15(17)9-14/h3-9H,10-11,18H2,1-2H3. The van der Waals surface area contributed by atoms with Gasteiger partial charge in [-0.15, -0.1) is 0 Å². The Kier molecular flexibility index (Phi) is 4.17. The molecule has 0 aromatic heterocycles. The highest BCUT2D eigenvalue weighted by molar-refractivity contribution is 5.48. The topological polar surface area (TPSA) is 29.3 Å². The molecule has 2 aromatic rings. The van der Waals surface area contributed by atoms with E-state index in [2.05, 4.69) is 30.0 Å². The summed E-state index contributed by atoms with van der Waals surface area (Å²) in [5.74, 6) is -0.226. The van der Waals surface area contributed by atoms with E-state index in [1.165, 1.54) is 11.6 Å². The second-order valence-corrected chi connectivity index (χ2v) is 4.87. The van der Waals surface area contributed by atoms with Gasteiger partial charge < -0.3 is 10.6 Å². The van der Waals surface area contributed by atoms with Crippen molar-refractivity contribution in [1.29, 1.82) is 0 Å². The van der Waals surface area contributed by atoms with Gasteiger partial charge in [-0.1, -0.05) is 18.2 Å². The Morgan fingerprint density at radius 3 is 2.53 bits per heavy atom. The van der Waals surface area contributed by atoms with Gasteiger partial charge in [0, 0.05) is 25.8 Å². The quantitative estimate of drug-likeness (QED) is 0.912. The number of aryl methyl sites for hydroxylation is 1. The maximum atomic E-state index is 13.5. The van der Waals surface area contributed by atoms with Gasteiger partial charge in [0.2, 0.25) is 0 Å². The van der Waals surface area contributed by atoms with Crippen molar-refractivity contribution in [3.63, 3.8) is 0 Å². The fraction of sp³-hybridized carbons (Fsp3) is 0.250. The van der Waals surface area contributed by atoms with Crippen LogP contribution in [-0.4, -0.2) is 7.05 Å². The molecule has 0 aliphatic heterocycles. The fourth-order valence-electron chi connectivity index (χ4n) is 2.16. The molecule has 0 aliphatic rings. The van der Waals surface area contributed by atoms with Crippen LogP contribution in [0.1, 0.15) is 16.7 Å². The van der Waals surface area contributed by atoms with Gasteiger partial charge in [0.15, 0.2) is 0 Å². The highest BCUT2D eigenvalue weighted by atomic mass is 19.1. The summed E-state index contributed by atoms with van der Waals surface area (Å²) in [6.45, 7) is 3.08. The van der Waals surface area contributed by atoms with E-state index in [4.69, 9.17) is 5.73 Å². The van der Waals surface area contributed by atoms with Crippen molar-refractivity contribution in [1.82, 2.24) is 0 Å². The third kappa shape index (κ3) is 3.55. The Bertz CT molecular complexity index is 566. The molecule has 19 heavy (non-hydrogen) atoms. The lowest BCUT2D eigenvalue weighted by atomic mass is 10.1. The molecule has 0 amide bonds. The van der Waals surface area contributed by atoms with Crippen molar-refractivity contribution in [2.24, 2.45) is 5.73 Å². The van der Waals surface area contributed by atoms with Gasteiger partial charge in [0.25, 0.3) is 0 Å². The van der Waals surface area contributed by atoms with Crippen LogP contribution in [0.4, 0.5) is 10.1 Å². The van der Waals surface area contributed by atoms with E-state index in [1.54, 1.807) is 6.07 Å². The van der Waals surface area contributed by atoms with Crippen LogP contribution in [0.2, 0.25) is 0 Å². The van der Waals surface area contributed by atoms with E-state index in [0.717, 1.165) is 16.8 Å². The Morgan fingerprint density at radius 1 is 1.11 bits per heavy atom. The maximum absolute atomic E-state index is 13.5.